The predicted molar refractivity (Wildman–Crippen MR) is 148 cm³/mol. The van der Waals surface area contributed by atoms with E-state index in [2.05, 4.69) is 5.32 Å². The van der Waals surface area contributed by atoms with Gasteiger partial charge < -0.3 is 29.4 Å². The summed E-state index contributed by atoms with van der Waals surface area (Å²) in [5, 5.41) is 11.9. The van der Waals surface area contributed by atoms with E-state index in [-0.39, 0.29) is 0 Å². The van der Waals surface area contributed by atoms with E-state index in [1.54, 1.807) is 40.2 Å². The van der Waals surface area contributed by atoms with Crippen LogP contribution in [0, 0.1) is 0 Å². The zero-order chi connectivity index (χ0) is 28.0. The third-order valence-electron chi connectivity index (χ3n) is 6.48. The Morgan fingerprint density at radius 1 is 0.846 bits per heavy atom. The molecule has 3 aromatic rings. The minimum atomic E-state index is -1.24. The zero-order valence-corrected chi connectivity index (χ0v) is 22.5. The second-order valence-electron chi connectivity index (χ2n) is 9.93. The second-order valence-corrected chi connectivity index (χ2v) is 9.93. The molecule has 1 aliphatic carbocycles. The molecule has 1 fully saturated rings. The van der Waals surface area contributed by atoms with Crippen LogP contribution in [-0.4, -0.2) is 42.3 Å². The number of carbonyl (C=O) groups is 2. The molecule has 2 N–H and O–H groups in total. The summed E-state index contributed by atoms with van der Waals surface area (Å²) in [7, 11) is 3.25. The SMILES string of the molecule is COc1ccc(/C=C/c2cc(OC)cc(OCc3ccc(OC(C)(C)C(=O)NC4(C(=O)O)CC4)cc3)c2)cc1. The van der Waals surface area contributed by atoms with Crippen molar-refractivity contribution >= 4 is 24.0 Å². The Morgan fingerprint density at radius 2 is 1.44 bits per heavy atom. The molecule has 0 aliphatic heterocycles. The molecule has 204 valence electrons. The maximum atomic E-state index is 12.6. The molecule has 0 spiro atoms. The number of carbonyl (C=O) groups excluding carboxylic acids is 1. The van der Waals surface area contributed by atoms with Crippen molar-refractivity contribution in [1.29, 1.82) is 0 Å². The number of hydrogen-bond acceptors (Lipinski definition) is 6. The summed E-state index contributed by atoms with van der Waals surface area (Å²) in [5.74, 6) is 1.15. The highest BCUT2D eigenvalue weighted by molar-refractivity contribution is 5.93. The van der Waals surface area contributed by atoms with E-state index in [1.165, 1.54) is 0 Å². The molecule has 1 saturated carbocycles. The topological polar surface area (TPSA) is 103 Å². The first-order valence-electron chi connectivity index (χ1n) is 12.6. The van der Waals surface area contributed by atoms with Gasteiger partial charge in [-0.15, -0.1) is 0 Å². The van der Waals surface area contributed by atoms with Gasteiger partial charge in [-0.1, -0.05) is 36.4 Å². The molecule has 0 saturated heterocycles. The van der Waals surface area contributed by atoms with Gasteiger partial charge in [0, 0.05) is 6.07 Å². The summed E-state index contributed by atoms with van der Waals surface area (Å²) in [6.07, 6.45) is 4.84. The number of aliphatic carboxylic acids is 1. The van der Waals surface area contributed by atoms with E-state index in [9.17, 15) is 14.7 Å². The molecule has 8 nitrogen and oxygen atoms in total. The Labute approximate surface area is 228 Å². The molecule has 39 heavy (non-hydrogen) atoms. The number of carboxylic acids is 1. The summed E-state index contributed by atoms with van der Waals surface area (Å²) >= 11 is 0. The van der Waals surface area contributed by atoms with E-state index in [0.717, 1.165) is 22.4 Å². The van der Waals surface area contributed by atoms with Crippen LogP contribution in [0.3, 0.4) is 0 Å². The first-order chi connectivity index (χ1) is 18.6. The van der Waals surface area contributed by atoms with E-state index in [0.29, 0.717) is 36.7 Å². The van der Waals surface area contributed by atoms with Gasteiger partial charge in [0.2, 0.25) is 0 Å². The smallest absolute Gasteiger partial charge is 0.329 e. The van der Waals surface area contributed by atoms with Crippen molar-refractivity contribution in [3.63, 3.8) is 0 Å². The van der Waals surface area contributed by atoms with Crippen molar-refractivity contribution in [3.05, 3.63) is 83.4 Å². The normalized spacial score (nSPS) is 13.9. The number of benzene rings is 3. The lowest BCUT2D eigenvalue weighted by Crippen LogP contribution is -2.53. The van der Waals surface area contributed by atoms with E-state index in [1.807, 2.05) is 66.7 Å². The summed E-state index contributed by atoms with van der Waals surface area (Å²) in [5.41, 5.74) is 0.480. The van der Waals surface area contributed by atoms with Crippen LogP contribution >= 0.6 is 0 Å². The fourth-order valence-electron chi connectivity index (χ4n) is 3.85. The Bertz CT molecular complexity index is 1340. The van der Waals surface area contributed by atoms with Crippen LogP contribution in [0.2, 0.25) is 0 Å². The number of methoxy groups -OCH3 is 2. The van der Waals surface area contributed by atoms with Crippen LogP contribution in [0.5, 0.6) is 23.0 Å². The van der Waals surface area contributed by atoms with Gasteiger partial charge in [0.25, 0.3) is 5.91 Å². The highest BCUT2D eigenvalue weighted by Gasteiger charge is 2.53. The molecular weight excluding hydrogens is 498 g/mol. The van der Waals surface area contributed by atoms with Crippen molar-refractivity contribution in [3.8, 4) is 23.0 Å². The van der Waals surface area contributed by atoms with Gasteiger partial charge in [-0.2, -0.15) is 0 Å². The fourth-order valence-corrected chi connectivity index (χ4v) is 3.85. The maximum absolute atomic E-state index is 12.6. The number of rotatable bonds is 12. The first kappa shape index (κ1) is 27.6. The van der Waals surface area contributed by atoms with Crippen molar-refractivity contribution in [2.24, 2.45) is 0 Å². The Hall–Kier alpha value is -4.46. The highest BCUT2D eigenvalue weighted by atomic mass is 16.5. The second kappa shape index (κ2) is 11.5. The van der Waals surface area contributed by atoms with Gasteiger partial charge in [0.05, 0.1) is 14.2 Å². The van der Waals surface area contributed by atoms with Crippen molar-refractivity contribution < 1.29 is 33.6 Å². The van der Waals surface area contributed by atoms with E-state index in [4.69, 9.17) is 18.9 Å². The van der Waals surface area contributed by atoms with Crippen molar-refractivity contribution in [2.45, 2.75) is 44.4 Å². The van der Waals surface area contributed by atoms with Crippen LogP contribution < -0.4 is 24.3 Å². The molecule has 1 amide bonds. The van der Waals surface area contributed by atoms with Crippen LogP contribution in [0.15, 0.2) is 66.7 Å². The summed E-state index contributed by atoms with van der Waals surface area (Å²) in [6, 6.07) is 20.7. The molecule has 0 unspecified atom stereocenters. The Kier molecular flexibility index (Phi) is 8.14. The van der Waals surface area contributed by atoms with Gasteiger partial charge in [0.15, 0.2) is 5.60 Å². The van der Waals surface area contributed by atoms with Gasteiger partial charge in [0.1, 0.15) is 35.1 Å². The number of amides is 1. The minimum absolute atomic E-state index is 0.320. The molecule has 0 heterocycles. The lowest BCUT2D eigenvalue weighted by molar-refractivity contribution is -0.146. The number of hydrogen-bond donors (Lipinski definition) is 2. The van der Waals surface area contributed by atoms with Crippen LogP contribution in [0.1, 0.15) is 43.4 Å². The molecule has 0 bridgehead atoms. The number of ether oxygens (including phenoxy) is 4. The van der Waals surface area contributed by atoms with Crippen molar-refractivity contribution in [1.82, 2.24) is 5.32 Å². The molecule has 4 rings (SSSR count). The first-order valence-corrected chi connectivity index (χ1v) is 12.6. The number of carboxylic acid groups (broad SMARTS) is 1. The largest absolute Gasteiger partial charge is 0.497 e. The zero-order valence-electron chi connectivity index (χ0n) is 22.5. The average Bonchev–Trinajstić information content (AvgIpc) is 3.72. The monoisotopic (exact) mass is 531 g/mol. The van der Waals surface area contributed by atoms with Gasteiger partial charge in [-0.25, -0.2) is 4.79 Å². The molecule has 8 heteroatoms. The maximum Gasteiger partial charge on any atom is 0.329 e. The van der Waals surface area contributed by atoms with Crippen LogP contribution in [0.25, 0.3) is 12.2 Å². The average molecular weight is 532 g/mol. The molecule has 0 radical (unpaired) electrons. The predicted octanol–water partition coefficient (Wildman–Crippen LogP) is 5.34. The van der Waals surface area contributed by atoms with Crippen molar-refractivity contribution in [2.75, 3.05) is 14.2 Å². The molecule has 0 atom stereocenters. The summed E-state index contributed by atoms with van der Waals surface area (Å²) in [6.45, 7) is 3.54. The van der Waals surface area contributed by atoms with Gasteiger partial charge in [-0.05, 0) is 79.8 Å². The lowest BCUT2D eigenvalue weighted by Gasteiger charge is -2.27. The standard InChI is InChI=1S/C31H33NO7/c1-30(2,28(33)32-31(15-16-31)29(34)35)39-25-13-9-22(10-14-25)20-38-27-18-23(17-26(19-27)37-4)6-5-21-7-11-24(36-3)12-8-21/h5-14,17-19H,15-16,20H2,1-4H3,(H,32,33)(H,34,35)/b6-5+. The van der Waals surface area contributed by atoms with Gasteiger partial charge in [-0.3, -0.25) is 4.79 Å². The Morgan fingerprint density at radius 3 is 2.03 bits per heavy atom. The fraction of sp³-hybridized carbons (Fsp3) is 0.290. The molecule has 1 aliphatic rings. The van der Waals surface area contributed by atoms with E-state index >= 15 is 0 Å². The van der Waals surface area contributed by atoms with Crippen LogP contribution in [-0.2, 0) is 16.2 Å². The summed E-state index contributed by atoms with van der Waals surface area (Å²) in [4.78, 5) is 24.0. The van der Waals surface area contributed by atoms with E-state index < -0.39 is 23.0 Å². The highest BCUT2D eigenvalue weighted by Crippen LogP contribution is 2.36. The molecular formula is C31H33NO7. The van der Waals surface area contributed by atoms with Gasteiger partial charge >= 0.3 is 5.97 Å². The quantitative estimate of drug-likeness (QED) is 0.304. The summed E-state index contributed by atoms with van der Waals surface area (Å²) < 4.78 is 22.6. The third-order valence-corrected chi connectivity index (χ3v) is 6.48. The molecule has 3 aromatic carbocycles. The lowest BCUT2D eigenvalue weighted by atomic mass is 10.1. The number of nitrogens with one attached hydrogen (secondary N) is 1. The Balaban J connectivity index is 1.36. The molecule has 0 aromatic heterocycles. The minimum Gasteiger partial charge on any atom is -0.497 e. The van der Waals surface area contributed by atoms with Crippen LogP contribution in [0.4, 0.5) is 0 Å². The third kappa shape index (κ3) is 7.10.